The van der Waals surface area contributed by atoms with Gasteiger partial charge >= 0.3 is 0 Å². The number of carbonyl (C=O) groups is 1. The summed E-state index contributed by atoms with van der Waals surface area (Å²) < 4.78 is 18.4. The molecule has 0 spiro atoms. The second kappa shape index (κ2) is 8.66. The van der Waals surface area contributed by atoms with Crippen molar-refractivity contribution in [3.8, 4) is 0 Å². The Labute approximate surface area is 173 Å². The van der Waals surface area contributed by atoms with Gasteiger partial charge in [0.05, 0.1) is 18.1 Å². The molecule has 0 radical (unpaired) electrons. The lowest BCUT2D eigenvalue weighted by atomic mass is 10.1. The molecule has 0 unspecified atom stereocenters. The van der Waals surface area contributed by atoms with Crippen molar-refractivity contribution in [2.24, 2.45) is 0 Å². The van der Waals surface area contributed by atoms with Crippen LogP contribution in [-0.4, -0.2) is 68.2 Å². The molecule has 9 heteroatoms. The summed E-state index contributed by atoms with van der Waals surface area (Å²) in [6.45, 7) is 4.44. The van der Waals surface area contributed by atoms with Crippen molar-refractivity contribution in [3.63, 3.8) is 0 Å². The average molecular weight is 414 g/mol. The van der Waals surface area contributed by atoms with Gasteiger partial charge in [-0.2, -0.15) is 0 Å². The standard InChI is InChI=1S/C21H23FN4O4/c22-17-2-4-18(5-3-17)23-7-9-25(10-8-23)21(27)16-1-6-19(20(15-16)26(28)29)24-11-13-30-14-12-24/h1-6,15H,7-14H2. The first-order valence-electron chi connectivity index (χ1n) is 9.94. The number of morpholine rings is 1. The molecule has 2 heterocycles. The Hall–Kier alpha value is -3.20. The van der Waals surface area contributed by atoms with Crippen molar-refractivity contribution in [3.05, 3.63) is 64.0 Å². The molecule has 0 aliphatic carbocycles. The maximum Gasteiger partial charge on any atom is 0.293 e. The molecule has 2 aliphatic rings. The number of nitro benzene ring substituents is 1. The van der Waals surface area contributed by atoms with Crippen LogP contribution in [0.1, 0.15) is 10.4 Å². The predicted octanol–water partition coefficient (Wildman–Crippen LogP) is 2.53. The molecule has 2 saturated heterocycles. The quantitative estimate of drug-likeness (QED) is 0.565. The fraction of sp³-hybridized carbons (Fsp3) is 0.381. The van der Waals surface area contributed by atoms with E-state index in [1.54, 1.807) is 29.2 Å². The van der Waals surface area contributed by atoms with Crippen molar-refractivity contribution >= 4 is 23.0 Å². The van der Waals surface area contributed by atoms with Crippen molar-refractivity contribution in [1.82, 2.24) is 4.90 Å². The Morgan fingerprint density at radius 1 is 0.933 bits per heavy atom. The molecular weight excluding hydrogens is 391 g/mol. The number of hydrogen-bond donors (Lipinski definition) is 0. The summed E-state index contributed by atoms with van der Waals surface area (Å²) in [5.74, 6) is -0.500. The van der Waals surface area contributed by atoms with Crippen LogP contribution >= 0.6 is 0 Å². The Morgan fingerprint density at radius 2 is 1.60 bits per heavy atom. The number of hydrogen-bond acceptors (Lipinski definition) is 6. The van der Waals surface area contributed by atoms with E-state index in [9.17, 15) is 19.3 Å². The summed E-state index contributed by atoms with van der Waals surface area (Å²) in [7, 11) is 0. The minimum absolute atomic E-state index is 0.0623. The van der Waals surface area contributed by atoms with Gasteiger partial charge in [0, 0.05) is 56.6 Å². The maximum atomic E-state index is 13.1. The molecule has 0 N–H and O–H groups in total. The van der Waals surface area contributed by atoms with Crippen molar-refractivity contribution in [2.75, 3.05) is 62.3 Å². The van der Waals surface area contributed by atoms with Crippen LogP contribution in [0.5, 0.6) is 0 Å². The van der Waals surface area contributed by atoms with Gasteiger partial charge in [-0.25, -0.2) is 4.39 Å². The monoisotopic (exact) mass is 414 g/mol. The minimum Gasteiger partial charge on any atom is -0.378 e. The van der Waals surface area contributed by atoms with Gasteiger partial charge in [-0.05, 0) is 36.4 Å². The normalized spacial score (nSPS) is 17.2. The summed E-state index contributed by atoms with van der Waals surface area (Å²) in [5.41, 5.74) is 1.68. The summed E-state index contributed by atoms with van der Waals surface area (Å²) in [6.07, 6.45) is 0. The van der Waals surface area contributed by atoms with E-state index in [0.29, 0.717) is 63.7 Å². The zero-order valence-electron chi connectivity index (χ0n) is 16.5. The van der Waals surface area contributed by atoms with Crippen LogP contribution in [0.4, 0.5) is 21.5 Å². The third-order valence-electron chi connectivity index (χ3n) is 5.53. The number of rotatable bonds is 4. The van der Waals surface area contributed by atoms with E-state index < -0.39 is 4.92 Å². The van der Waals surface area contributed by atoms with Gasteiger partial charge in [-0.3, -0.25) is 14.9 Å². The molecule has 30 heavy (non-hydrogen) atoms. The van der Waals surface area contributed by atoms with E-state index in [1.807, 2.05) is 4.90 Å². The number of amides is 1. The molecule has 2 aromatic rings. The van der Waals surface area contributed by atoms with E-state index in [4.69, 9.17) is 4.74 Å². The Kier molecular flexibility index (Phi) is 5.80. The van der Waals surface area contributed by atoms with Crippen molar-refractivity contribution < 1.29 is 18.8 Å². The fourth-order valence-corrected chi connectivity index (χ4v) is 3.88. The lowest BCUT2D eigenvalue weighted by Gasteiger charge is -2.36. The fourth-order valence-electron chi connectivity index (χ4n) is 3.88. The Bertz CT molecular complexity index is 923. The van der Waals surface area contributed by atoms with Crippen LogP contribution < -0.4 is 9.80 Å². The highest BCUT2D eigenvalue weighted by molar-refractivity contribution is 5.96. The van der Waals surface area contributed by atoms with Crippen LogP contribution in [0.15, 0.2) is 42.5 Å². The topological polar surface area (TPSA) is 79.2 Å². The Balaban J connectivity index is 1.46. The molecular formula is C21H23FN4O4. The average Bonchev–Trinajstić information content (AvgIpc) is 2.79. The smallest absolute Gasteiger partial charge is 0.293 e. The molecule has 158 valence electrons. The van der Waals surface area contributed by atoms with Gasteiger partial charge in [0.25, 0.3) is 11.6 Å². The highest BCUT2D eigenvalue weighted by Crippen LogP contribution is 2.30. The van der Waals surface area contributed by atoms with E-state index in [-0.39, 0.29) is 17.4 Å². The molecule has 4 rings (SSSR count). The third kappa shape index (κ3) is 4.20. The first kappa shape index (κ1) is 20.1. The second-order valence-corrected chi connectivity index (χ2v) is 7.32. The second-order valence-electron chi connectivity index (χ2n) is 7.32. The largest absolute Gasteiger partial charge is 0.378 e. The molecule has 0 bridgehead atoms. The molecule has 1 amide bonds. The Morgan fingerprint density at radius 3 is 2.23 bits per heavy atom. The van der Waals surface area contributed by atoms with Gasteiger partial charge in [0.15, 0.2) is 0 Å². The number of benzene rings is 2. The van der Waals surface area contributed by atoms with Gasteiger partial charge in [-0.15, -0.1) is 0 Å². The molecule has 2 aliphatic heterocycles. The molecule has 0 saturated carbocycles. The highest BCUT2D eigenvalue weighted by Gasteiger charge is 2.27. The number of carbonyl (C=O) groups excluding carboxylic acids is 1. The lowest BCUT2D eigenvalue weighted by Crippen LogP contribution is -2.48. The van der Waals surface area contributed by atoms with Crippen molar-refractivity contribution in [2.45, 2.75) is 0 Å². The van der Waals surface area contributed by atoms with Gasteiger partial charge < -0.3 is 19.4 Å². The van der Waals surface area contributed by atoms with Crippen LogP contribution in [-0.2, 0) is 4.74 Å². The maximum absolute atomic E-state index is 13.1. The number of anilines is 2. The zero-order chi connectivity index (χ0) is 21.1. The van der Waals surface area contributed by atoms with Crippen LogP contribution in [0.3, 0.4) is 0 Å². The van der Waals surface area contributed by atoms with E-state index in [1.165, 1.54) is 18.2 Å². The van der Waals surface area contributed by atoms with Crippen LogP contribution in [0.25, 0.3) is 0 Å². The summed E-state index contributed by atoms with van der Waals surface area (Å²) in [4.78, 5) is 29.9. The van der Waals surface area contributed by atoms with E-state index in [2.05, 4.69) is 4.90 Å². The molecule has 2 aromatic carbocycles. The van der Waals surface area contributed by atoms with Gasteiger partial charge in [0.2, 0.25) is 0 Å². The zero-order valence-corrected chi connectivity index (χ0v) is 16.5. The first-order chi connectivity index (χ1) is 14.5. The number of halogens is 1. The lowest BCUT2D eigenvalue weighted by molar-refractivity contribution is -0.384. The van der Waals surface area contributed by atoms with Crippen LogP contribution in [0, 0.1) is 15.9 Å². The van der Waals surface area contributed by atoms with Gasteiger partial charge in [0.1, 0.15) is 11.5 Å². The number of nitrogens with zero attached hydrogens (tertiary/aromatic N) is 4. The molecule has 0 aromatic heterocycles. The molecule has 2 fully saturated rings. The molecule has 0 atom stereocenters. The minimum atomic E-state index is -0.436. The van der Waals surface area contributed by atoms with Crippen LogP contribution in [0.2, 0.25) is 0 Å². The summed E-state index contributed by atoms with van der Waals surface area (Å²) in [6, 6.07) is 11.0. The van der Waals surface area contributed by atoms with Crippen molar-refractivity contribution in [1.29, 1.82) is 0 Å². The molecule has 8 nitrogen and oxygen atoms in total. The van der Waals surface area contributed by atoms with E-state index in [0.717, 1.165) is 5.69 Å². The number of piperazine rings is 1. The SMILES string of the molecule is O=C(c1ccc(N2CCOCC2)c([N+](=O)[O-])c1)N1CCN(c2ccc(F)cc2)CC1. The number of nitro groups is 1. The number of ether oxygens (including phenoxy) is 1. The highest BCUT2D eigenvalue weighted by atomic mass is 19.1. The predicted molar refractivity (Wildman–Crippen MR) is 111 cm³/mol. The first-order valence-corrected chi connectivity index (χ1v) is 9.94. The summed E-state index contributed by atoms with van der Waals surface area (Å²) >= 11 is 0. The summed E-state index contributed by atoms with van der Waals surface area (Å²) in [5, 5.41) is 11.6. The van der Waals surface area contributed by atoms with Gasteiger partial charge in [-0.1, -0.05) is 0 Å². The third-order valence-corrected chi connectivity index (χ3v) is 5.53. The van der Waals surface area contributed by atoms with E-state index >= 15 is 0 Å².